The number of amides is 1. The van der Waals surface area contributed by atoms with E-state index >= 15 is 0 Å². The van der Waals surface area contributed by atoms with Gasteiger partial charge in [-0.15, -0.1) is 0 Å². The molecule has 7 heteroatoms. The van der Waals surface area contributed by atoms with Crippen molar-refractivity contribution in [2.75, 3.05) is 27.2 Å². The van der Waals surface area contributed by atoms with Crippen molar-refractivity contribution in [3.8, 4) is 5.75 Å². The number of carbonyl (C=O) groups is 1. The maximum atomic E-state index is 13.7. The number of benzene rings is 1. The van der Waals surface area contributed by atoms with Crippen molar-refractivity contribution in [3.05, 3.63) is 23.3 Å². The van der Waals surface area contributed by atoms with Crippen LogP contribution in [0.15, 0.2) is 17.0 Å². The van der Waals surface area contributed by atoms with E-state index in [1.807, 2.05) is 20.8 Å². The third-order valence-electron chi connectivity index (χ3n) is 6.00. The fraction of sp³-hybridized carbons (Fsp3) is 0.650. The first-order valence-electron chi connectivity index (χ1n) is 9.62. The first kappa shape index (κ1) is 20.1. The van der Waals surface area contributed by atoms with Crippen molar-refractivity contribution < 1.29 is 17.9 Å². The number of hydrogen-bond donors (Lipinski definition) is 0. The van der Waals surface area contributed by atoms with Crippen molar-refractivity contribution in [2.24, 2.45) is 0 Å². The molecule has 0 aliphatic carbocycles. The van der Waals surface area contributed by atoms with Gasteiger partial charge in [-0.1, -0.05) is 13.8 Å². The van der Waals surface area contributed by atoms with Crippen LogP contribution < -0.4 is 4.74 Å². The molecule has 1 atom stereocenters. The fourth-order valence-corrected chi connectivity index (χ4v) is 6.62. The molecule has 0 bridgehead atoms. The van der Waals surface area contributed by atoms with Crippen LogP contribution in [0.25, 0.3) is 0 Å². The Morgan fingerprint density at radius 2 is 1.78 bits per heavy atom. The number of sulfonamides is 1. The fourth-order valence-electron chi connectivity index (χ4n) is 4.62. The van der Waals surface area contributed by atoms with Crippen LogP contribution in [-0.4, -0.2) is 56.3 Å². The molecule has 2 aliphatic heterocycles. The molecule has 0 N–H and O–H groups in total. The van der Waals surface area contributed by atoms with Gasteiger partial charge in [-0.3, -0.25) is 4.79 Å². The molecule has 1 aromatic rings. The van der Waals surface area contributed by atoms with E-state index in [0.29, 0.717) is 38.1 Å². The first-order chi connectivity index (χ1) is 12.6. The van der Waals surface area contributed by atoms with Crippen molar-refractivity contribution in [3.63, 3.8) is 0 Å². The van der Waals surface area contributed by atoms with E-state index < -0.39 is 15.6 Å². The Kier molecular flexibility index (Phi) is 5.29. The number of rotatable bonds is 4. The Labute approximate surface area is 162 Å². The summed E-state index contributed by atoms with van der Waals surface area (Å²) in [5, 5.41) is 0. The SMILES string of the molecule is COc1cc(C)c(C(C)C)cc1S(=O)(=O)N1CCCC12CCCN(C)C2=O. The topological polar surface area (TPSA) is 66.9 Å². The summed E-state index contributed by atoms with van der Waals surface area (Å²) in [4.78, 5) is 14.8. The van der Waals surface area contributed by atoms with Gasteiger partial charge in [0.2, 0.25) is 15.9 Å². The summed E-state index contributed by atoms with van der Waals surface area (Å²) < 4.78 is 34.3. The van der Waals surface area contributed by atoms with Crippen LogP contribution in [0.5, 0.6) is 5.75 Å². The standard InChI is InChI=1S/C20H30N2O4S/c1-14(2)16-13-18(17(26-5)12-15(16)3)27(24,25)22-11-7-9-20(22)8-6-10-21(4)19(20)23/h12-14H,6-11H2,1-5H3. The molecule has 2 saturated heterocycles. The zero-order chi connectivity index (χ0) is 20.0. The maximum absolute atomic E-state index is 13.7. The Hall–Kier alpha value is -1.60. The molecule has 0 radical (unpaired) electrons. The summed E-state index contributed by atoms with van der Waals surface area (Å²) >= 11 is 0. The molecule has 150 valence electrons. The first-order valence-corrected chi connectivity index (χ1v) is 11.1. The van der Waals surface area contributed by atoms with Gasteiger partial charge < -0.3 is 9.64 Å². The van der Waals surface area contributed by atoms with E-state index in [9.17, 15) is 13.2 Å². The highest BCUT2D eigenvalue weighted by molar-refractivity contribution is 7.89. The van der Waals surface area contributed by atoms with Gasteiger partial charge in [0, 0.05) is 20.1 Å². The zero-order valence-corrected chi connectivity index (χ0v) is 17.7. The van der Waals surface area contributed by atoms with E-state index in [1.54, 1.807) is 24.1 Å². The average molecular weight is 395 g/mol. The number of methoxy groups -OCH3 is 1. The van der Waals surface area contributed by atoms with Crippen molar-refractivity contribution >= 4 is 15.9 Å². The molecule has 1 amide bonds. The number of carbonyl (C=O) groups excluding carboxylic acids is 1. The molecule has 2 aliphatic rings. The molecule has 27 heavy (non-hydrogen) atoms. The molecule has 1 spiro atoms. The summed E-state index contributed by atoms with van der Waals surface area (Å²) in [5.41, 5.74) is 1.04. The van der Waals surface area contributed by atoms with Crippen molar-refractivity contribution in [1.29, 1.82) is 0 Å². The van der Waals surface area contributed by atoms with Gasteiger partial charge in [0.05, 0.1) is 7.11 Å². The lowest BCUT2D eigenvalue weighted by Gasteiger charge is -2.42. The van der Waals surface area contributed by atoms with Gasteiger partial charge in [0.15, 0.2) is 0 Å². The van der Waals surface area contributed by atoms with E-state index in [0.717, 1.165) is 17.5 Å². The average Bonchev–Trinajstić information content (AvgIpc) is 3.04. The van der Waals surface area contributed by atoms with Crippen molar-refractivity contribution in [1.82, 2.24) is 9.21 Å². The maximum Gasteiger partial charge on any atom is 0.247 e. The number of aryl methyl sites for hydroxylation is 1. The summed E-state index contributed by atoms with van der Waals surface area (Å²) in [6.45, 7) is 7.10. The second kappa shape index (κ2) is 7.09. The van der Waals surface area contributed by atoms with E-state index in [-0.39, 0.29) is 16.7 Å². The lowest BCUT2D eigenvalue weighted by molar-refractivity contribution is -0.142. The van der Waals surface area contributed by atoms with Gasteiger partial charge in [-0.25, -0.2) is 8.42 Å². The number of piperidine rings is 1. The highest BCUT2D eigenvalue weighted by Crippen LogP contribution is 2.43. The van der Waals surface area contributed by atoms with Gasteiger partial charge in [0.25, 0.3) is 0 Å². The van der Waals surface area contributed by atoms with Crippen LogP contribution in [-0.2, 0) is 14.8 Å². The molecular weight excluding hydrogens is 364 g/mol. The van der Waals surface area contributed by atoms with Crippen LogP contribution in [0.3, 0.4) is 0 Å². The molecular formula is C20H30N2O4S. The van der Waals surface area contributed by atoms with Gasteiger partial charge >= 0.3 is 0 Å². The predicted octanol–water partition coefficient (Wildman–Crippen LogP) is 2.90. The second-order valence-electron chi connectivity index (χ2n) is 8.06. The second-order valence-corrected chi connectivity index (χ2v) is 9.89. The Balaban J connectivity index is 2.14. The highest BCUT2D eigenvalue weighted by atomic mass is 32.2. The molecule has 0 saturated carbocycles. The molecule has 3 rings (SSSR count). The lowest BCUT2D eigenvalue weighted by Crippen LogP contribution is -2.60. The minimum atomic E-state index is -3.86. The van der Waals surface area contributed by atoms with Crippen LogP contribution in [0.1, 0.15) is 56.6 Å². The Morgan fingerprint density at radius 3 is 2.37 bits per heavy atom. The Bertz CT molecular complexity index is 850. The normalized spacial score (nSPS) is 24.2. The van der Waals surface area contributed by atoms with E-state index in [1.165, 1.54) is 11.4 Å². The zero-order valence-electron chi connectivity index (χ0n) is 16.9. The Morgan fingerprint density at radius 1 is 1.15 bits per heavy atom. The minimum Gasteiger partial charge on any atom is -0.495 e. The summed E-state index contributed by atoms with van der Waals surface area (Å²) in [7, 11) is -0.610. The largest absolute Gasteiger partial charge is 0.495 e. The molecule has 0 aromatic heterocycles. The van der Waals surface area contributed by atoms with Crippen LogP contribution >= 0.6 is 0 Å². The third kappa shape index (κ3) is 3.14. The van der Waals surface area contributed by atoms with Crippen LogP contribution in [0, 0.1) is 6.92 Å². The molecule has 1 aromatic carbocycles. The van der Waals surface area contributed by atoms with Crippen LogP contribution in [0.4, 0.5) is 0 Å². The number of likely N-dealkylation sites (tertiary alicyclic amines) is 1. The molecule has 1 unspecified atom stereocenters. The molecule has 2 heterocycles. The molecule has 2 fully saturated rings. The lowest BCUT2D eigenvalue weighted by atomic mass is 9.87. The third-order valence-corrected chi connectivity index (χ3v) is 7.99. The number of ether oxygens (including phenoxy) is 1. The smallest absolute Gasteiger partial charge is 0.247 e. The van der Waals surface area contributed by atoms with Crippen molar-refractivity contribution in [2.45, 2.75) is 62.8 Å². The number of nitrogens with zero attached hydrogens (tertiary/aromatic N) is 2. The molecule has 6 nitrogen and oxygen atoms in total. The predicted molar refractivity (Wildman–Crippen MR) is 105 cm³/mol. The van der Waals surface area contributed by atoms with Gasteiger partial charge in [-0.2, -0.15) is 4.31 Å². The summed E-state index contributed by atoms with van der Waals surface area (Å²) in [6.07, 6.45) is 2.68. The van der Waals surface area contributed by atoms with Crippen LogP contribution in [0.2, 0.25) is 0 Å². The highest BCUT2D eigenvalue weighted by Gasteiger charge is 2.55. The number of hydrogen-bond acceptors (Lipinski definition) is 4. The summed E-state index contributed by atoms with van der Waals surface area (Å²) in [6, 6.07) is 3.52. The monoisotopic (exact) mass is 394 g/mol. The van der Waals surface area contributed by atoms with E-state index in [4.69, 9.17) is 4.74 Å². The quantitative estimate of drug-likeness (QED) is 0.788. The van der Waals surface area contributed by atoms with Gasteiger partial charge in [0.1, 0.15) is 16.2 Å². The number of likely N-dealkylation sites (N-methyl/N-ethyl adjacent to an activating group) is 1. The minimum absolute atomic E-state index is 0.0787. The van der Waals surface area contributed by atoms with Gasteiger partial charge in [-0.05, 0) is 61.8 Å². The van der Waals surface area contributed by atoms with E-state index in [2.05, 4.69) is 0 Å². The summed E-state index contributed by atoms with van der Waals surface area (Å²) in [5.74, 6) is 0.459.